The molecule has 1 aliphatic heterocycles. The minimum atomic E-state index is -3.72. The lowest BCUT2D eigenvalue weighted by molar-refractivity contribution is -0.154. The molecule has 0 spiro atoms. The standard InChI is InChI=1S/C19H27ClN2O5S/c1-4-19(2,3)21-17(23)13-27-18(24)14-6-5-11-22(12-14)28(25,26)16-9-7-15(20)8-10-16/h7-10,14H,4-6,11-13H2,1-3H3,(H,21,23). The van der Waals surface area contributed by atoms with E-state index < -0.39 is 21.9 Å². The lowest BCUT2D eigenvalue weighted by atomic mass is 10.00. The first-order chi connectivity index (χ1) is 13.0. The Balaban J connectivity index is 1.96. The van der Waals surface area contributed by atoms with E-state index in [0.29, 0.717) is 24.4 Å². The van der Waals surface area contributed by atoms with Crippen molar-refractivity contribution in [3.63, 3.8) is 0 Å². The lowest BCUT2D eigenvalue weighted by Gasteiger charge is -2.31. The molecule has 1 aromatic rings. The molecule has 0 bridgehead atoms. The smallest absolute Gasteiger partial charge is 0.310 e. The maximum Gasteiger partial charge on any atom is 0.310 e. The van der Waals surface area contributed by atoms with Gasteiger partial charge >= 0.3 is 5.97 Å². The van der Waals surface area contributed by atoms with Gasteiger partial charge in [-0.15, -0.1) is 0 Å². The third kappa shape index (κ3) is 5.93. The quantitative estimate of drug-likeness (QED) is 0.671. The van der Waals surface area contributed by atoms with Crippen LogP contribution in [0.3, 0.4) is 0 Å². The minimum absolute atomic E-state index is 0.0336. The fraction of sp³-hybridized carbons (Fsp3) is 0.579. The van der Waals surface area contributed by atoms with Gasteiger partial charge in [0.25, 0.3) is 5.91 Å². The number of halogens is 1. The molecule has 1 N–H and O–H groups in total. The Morgan fingerprint density at radius 3 is 2.54 bits per heavy atom. The summed E-state index contributed by atoms with van der Waals surface area (Å²) in [6.07, 6.45) is 1.81. The van der Waals surface area contributed by atoms with E-state index >= 15 is 0 Å². The number of carbonyl (C=O) groups excluding carboxylic acids is 2. The van der Waals surface area contributed by atoms with Crippen LogP contribution in [-0.2, 0) is 24.3 Å². The Morgan fingerprint density at radius 1 is 1.29 bits per heavy atom. The van der Waals surface area contributed by atoms with E-state index in [9.17, 15) is 18.0 Å². The van der Waals surface area contributed by atoms with Gasteiger partial charge in [-0.3, -0.25) is 9.59 Å². The van der Waals surface area contributed by atoms with Crippen molar-refractivity contribution in [2.75, 3.05) is 19.7 Å². The van der Waals surface area contributed by atoms with Crippen LogP contribution in [0.4, 0.5) is 0 Å². The first-order valence-electron chi connectivity index (χ1n) is 9.28. The van der Waals surface area contributed by atoms with Crippen molar-refractivity contribution in [1.82, 2.24) is 9.62 Å². The first kappa shape index (κ1) is 22.6. The number of benzene rings is 1. The highest BCUT2D eigenvalue weighted by Gasteiger charge is 2.34. The van der Waals surface area contributed by atoms with E-state index in [1.54, 1.807) is 0 Å². The molecular weight excluding hydrogens is 404 g/mol. The first-order valence-corrected chi connectivity index (χ1v) is 11.1. The van der Waals surface area contributed by atoms with Gasteiger partial charge in [0.05, 0.1) is 10.8 Å². The molecule has 9 heteroatoms. The molecule has 1 unspecified atom stereocenters. The van der Waals surface area contributed by atoms with Crippen LogP contribution in [0.25, 0.3) is 0 Å². The van der Waals surface area contributed by atoms with Gasteiger partial charge in [0.2, 0.25) is 10.0 Å². The van der Waals surface area contributed by atoms with E-state index in [1.165, 1.54) is 28.6 Å². The summed E-state index contributed by atoms with van der Waals surface area (Å²) >= 11 is 5.82. The topological polar surface area (TPSA) is 92.8 Å². The third-order valence-electron chi connectivity index (χ3n) is 4.88. The molecule has 1 amide bonds. The summed E-state index contributed by atoms with van der Waals surface area (Å²) in [5.74, 6) is -1.52. The number of sulfonamides is 1. The van der Waals surface area contributed by atoms with Crippen LogP contribution in [0, 0.1) is 5.92 Å². The van der Waals surface area contributed by atoms with Crippen LogP contribution < -0.4 is 5.32 Å². The van der Waals surface area contributed by atoms with Crippen LogP contribution in [0.2, 0.25) is 5.02 Å². The molecule has 1 heterocycles. The Hall–Kier alpha value is -1.64. The third-order valence-corrected chi connectivity index (χ3v) is 7.01. The Kier molecular flexibility index (Phi) is 7.47. The number of nitrogens with zero attached hydrogens (tertiary/aromatic N) is 1. The van der Waals surface area contributed by atoms with Crippen molar-refractivity contribution in [3.8, 4) is 0 Å². The zero-order chi connectivity index (χ0) is 20.9. The van der Waals surface area contributed by atoms with E-state index in [2.05, 4.69) is 5.32 Å². The Labute approximate surface area is 171 Å². The van der Waals surface area contributed by atoms with Gasteiger partial charge in [-0.1, -0.05) is 18.5 Å². The van der Waals surface area contributed by atoms with Crippen molar-refractivity contribution in [3.05, 3.63) is 29.3 Å². The number of esters is 1. The van der Waals surface area contributed by atoms with E-state index in [4.69, 9.17) is 16.3 Å². The van der Waals surface area contributed by atoms with Gasteiger partial charge in [0.1, 0.15) is 0 Å². The van der Waals surface area contributed by atoms with Gasteiger partial charge < -0.3 is 10.1 Å². The van der Waals surface area contributed by atoms with Crippen molar-refractivity contribution in [2.45, 2.75) is 50.5 Å². The highest BCUT2D eigenvalue weighted by atomic mass is 35.5. The molecule has 1 saturated heterocycles. The predicted octanol–water partition coefficient (Wildman–Crippen LogP) is 2.59. The molecule has 0 aliphatic carbocycles. The van der Waals surface area contributed by atoms with Crippen molar-refractivity contribution < 1.29 is 22.7 Å². The largest absolute Gasteiger partial charge is 0.455 e. The summed E-state index contributed by atoms with van der Waals surface area (Å²) in [6, 6.07) is 5.92. The summed E-state index contributed by atoms with van der Waals surface area (Å²) in [6.45, 7) is 5.71. The van der Waals surface area contributed by atoms with Crippen LogP contribution in [0.15, 0.2) is 29.2 Å². The lowest BCUT2D eigenvalue weighted by Crippen LogP contribution is -2.46. The molecule has 0 radical (unpaired) electrons. The molecule has 1 fully saturated rings. The number of nitrogens with one attached hydrogen (secondary N) is 1. The van der Waals surface area contributed by atoms with Crippen LogP contribution in [0.5, 0.6) is 0 Å². The van der Waals surface area contributed by atoms with Gasteiger partial charge in [-0.2, -0.15) is 4.31 Å². The summed E-state index contributed by atoms with van der Waals surface area (Å²) in [4.78, 5) is 24.4. The molecule has 1 aliphatic rings. The van der Waals surface area contributed by atoms with Crippen molar-refractivity contribution in [2.24, 2.45) is 5.92 Å². The fourth-order valence-corrected chi connectivity index (χ4v) is 4.51. The van der Waals surface area contributed by atoms with Crippen LogP contribution in [-0.4, -0.2) is 49.8 Å². The van der Waals surface area contributed by atoms with E-state index in [-0.39, 0.29) is 29.5 Å². The second-order valence-corrected chi connectivity index (χ2v) is 9.92. The number of piperidine rings is 1. The number of amides is 1. The van der Waals surface area contributed by atoms with E-state index in [0.717, 1.165) is 6.42 Å². The van der Waals surface area contributed by atoms with Crippen molar-refractivity contribution in [1.29, 1.82) is 0 Å². The molecular formula is C19H27ClN2O5S. The molecule has 1 aromatic carbocycles. The molecule has 0 saturated carbocycles. The number of hydrogen-bond donors (Lipinski definition) is 1. The molecule has 1 atom stereocenters. The molecule has 156 valence electrons. The van der Waals surface area contributed by atoms with Crippen LogP contribution in [0.1, 0.15) is 40.0 Å². The highest BCUT2D eigenvalue weighted by molar-refractivity contribution is 7.89. The number of rotatable bonds is 7. The number of ether oxygens (including phenoxy) is 1. The summed E-state index contributed by atoms with van der Waals surface area (Å²) in [5, 5.41) is 3.24. The maximum absolute atomic E-state index is 12.8. The molecule has 7 nitrogen and oxygen atoms in total. The van der Waals surface area contributed by atoms with Crippen molar-refractivity contribution >= 4 is 33.5 Å². The molecule has 0 aromatic heterocycles. The average Bonchev–Trinajstić information content (AvgIpc) is 2.66. The normalized spacial score (nSPS) is 18.5. The maximum atomic E-state index is 12.8. The second kappa shape index (κ2) is 9.24. The monoisotopic (exact) mass is 430 g/mol. The summed E-state index contributed by atoms with van der Waals surface area (Å²) in [7, 11) is -3.72. The molecule has 2 rings (SSSR count). The minimum Gasteiger partial charge on any atom is -0.455 e. The van der Waals surface area contributed by atoms with E-state index in [1.807, 2.05) is 20.8 Å². The fourth-order valence-electron chi connectivity index (χ4n) is 2.87. The summed E-state index contributed by atoms with van der Waals surface area (Å²) < 4.78 is 32.0. The highest BCUT2D eigenvalue weighted by Crippen LogP contribution is 2.25. The SMILES string of the molecule is CCC(C)(C)NC(=O)COC(=O)C1CCCN(S(=O)(=O)c2ccc(Cl)cc2)C1. The number of hydrogen-bond acceptors (Lipinski definition) is 5. The summed E-state index contributed by atoms with van der Waals surface area (Å²) in [5.41, 5.74) is -0.377. The Morgan fingerprint density at radius 2 is 1.93 bits per heavy atom. The van der Waals surface area contributed by atoms with Gasteiger partial charge in [-0.05, 0) is 57.4 Å². The molecule has 28 heavy (non-hydrogen) atoms. The Bertz CT molecular complexity index is 808. The second-order valence-electron chi connectivity index (χ2n) is 7.55. The number of carbonyl (C=O) groups is 2. The zero-order valence-corrected chi connectivity index (χ0v) is 18.0. The van der Waals surface area contributed by atoms with Crippen LogP contribution >= 0.6 is 11.6 Å². The predicted molar refractivity (Wildman–Crippen MR) is 106 cm³/mol. The van der Waals surface area contributed by atoms with Gasteiger partial charge in [-0.25, -0.2) is 8.42 Å². The van der Waals surface area contributed by atoms with Gasteiger partial charge in [0.15, 0.2) is 6.61 Å². The average molecular weight is 431 g/mol. The zero-order valence-electron chi connectivity index (χ0n) is 16.4. The van der Waals surface area contributed by atoms with Gasteiger partial charge in [0, 0.05) is 23.7 Å².